The third kappa shape index (κ3) is 5.58. The third-order valence-corrected chi connectivity index (χ3v) is 14.7. The molecule has 0 spiro atoms. The average molecular weight is 683 g/mol. The minimum atomic E-state index is -0.212. The Morgan fingerprint density at radius 2 is 0.409 bits per heavy atom. The van der Waals surface area contributed by atoms with Gasteiger partial charge in [-0.2, -0.15) is 0 Å². The highest BCUT2D eigenvalue weighted by Gasteiger charge is 2.14. The molecule has 0 aliphatic heterocycles. The van der Waals surface area contributed by atoms with Crippen LogP contribution in [-0.4, -0.2) is 0 Å². The second-order valence-corrected chi connectivity index (χ2v) is 16.5. The van der Waals surface area contributed by atoms with Gasteiger partial charge in [-0.05, 0) is 108 Å². The molecule has 6 heterocycles. The van der Waals surface area contributed by atoms with E-state index in [2.05, 4.69) is 72.8 Å². The van der Waals surface area contributed by atoms with Crippen molar-refractivity contribution < 1.29 is 8.78 Å². The van der Waals surface area contributed by atoms with Crippen LogP contribution in [-0.2, 0) is 0 Å². The number of hydrogen-bond donors (Lipinski definition) is 0. The van der Waals surface area contributed by atoms with Crippen LogP contribution in [0.25, 0.3) is 69.7 Å². The Bertz CT molecular complexity index is 2040. The zero-order chi connectivity index (χ0) is 29.6. The molecule has 8 rings (SSSR count). The smallest absolute Gasteiger partial charge is 0.123 e. The van der Waals surface area contributed by atoms with Crippen molar-refractivity contribution in [3.63, 3.8) is 0 Å². The number of thiophene rings is 6. The van der Waals surface area contributed by atoms with Crippen LogP contribution in [0.5, 0.6) is 0 Å². The highest BCUT2D eigenvalue weighted by atomic mass is 32.1. The second kappa shape index (κ2) is 11.8. The molecule has 0 unspecified atom stereocenters. The van der Waals surface area contributed by atoms with Crippen LogP contribution in [0.2, 0.25) is 0 Å². The van der Waals surface area contributed by atoms with Gasteiger partial charge < -0.3 is 0 Å². The third-order valence-electron chi connectivity index (χ3n) is 7.11. The van der Waals surface area contributed by atoms with Crippen molar-refractivity contribution in [1.82, 2.24) is 0 Å². The summed E-state index contributed by atoms with van der Waals surface area (Å²) in [4.78, 5) is 14.9. The average Bonchev–Trinajstić information content (AvgIpc) is 3.88. The van der Waals surface area contributed by atoms with Crippen LogP contribution in [0.4, 0.5) is 8.78 Å². The molecule has 0 N–H and O–H groups in total. The Morgan fingerprint density at radius 1 is 0.227 bits per heavy atom. The van der Waals surface area contributed by atoms with Crippen molar-refractivity contribution >= 4 is 68.0 Å². The van der Waals surface area contributed by atoms with Crippen LogP contribution in [0, 0.1) is 11.6 Å². The first-order chi connectivity index (χ1) is 21.6. The number of benzene rings is 2. The van der Waals surface area contributed by atoms with Crippen LogP contribution in [0.1, 0.15) is 0 Å². The summed E-state index contributed by atoms with van der Waals surface area (Å²) in [6.07, 6.45) is 0. The molecular formula is C36H20F2S6. The predicted octanol–water partition coefficient (Wildman–Crippen LogP) is 14.0. The fraction of sp³-hybridized carbons (Fsp3) is 0. The van der Waals surface area contributed by atoms with Crippen LogP contribution in [0.15, 0.2) is 121 Å². The van der Waals surface area contributed by atoms with Crippen molar-refractivity contribution in [3.05, 3.63) is 133 Å². The lowest BCUT2D eigenvalue weighted by Gasteiger charge is -1.96. The molecule has 0 nitrogen and oxygen atoms in total. The lowest BCUT2D eigenvalue weighted by atomic mass is 10.2. The maximum absolute atomic E-state index is 13.3. The molecule has 0 atom stereocenters. The van der Waals surface area contributed by atoms with E-state index in [-0.39, 0.29) is 11.6 Å². The molecule has 2 aromatic carbocycles. The largest absolute Gasteiger partial charge is 0.207 e. The summed E-state index contributed by atoms with van der Waals surface area (Å²) in [5.41, 5.74) is 2.08. The Kier molecular flexibility index (Phi) is 7.50. The molecule has 0 fully saturated rings. The second-order valence-electron chi connectivity index (χ2n) is 10.00. The Hall–Kier alpha value is -3.50. The van der Waals surface area contributed by atoms with Gasteiger partial charge in [0.2, 0.25) is 0 Å². The van der Waals surface area contributed by atoms with Gasteiger partial charge in [0.05, 0.1) is 0 Å². The van der Waals surface area contributed by atoms with E-state index >= 15 is 0 Å². The van der Waals surface area contributed by atoms with E-state index in [4.69, 9.17) is 0 Å². The highest BCUT2D eigenvalue weighted by molar-refractivity contribution is 7.30. The number of rotatable bonds is 7. The van der Waals surface area contributed by atoms with Crippen molar-refractivity contribution in [1.29, 1.82) is 0 Å². The van der Waals surface area contributed by atoms with E-state index in [9.17, 15) is 8.78 Å². The molecule has 0 aliphatic rings. The molecule has 0 aliphatic carbocycles. The van der Waals surface area contributed by atoms with Crippen molar-refractivity contribution in [2.45, 2.75) is 0 Å². The Labute approximate surface area is 277 Å². The monoisotopic (exact) mass is 682 g/mol. The lowest BCUT2D eigenvalue weighted by Crippen LogP contribution is -1.73. The molecule has 8 aromatic rings. The molecule has 8 heteroatoms. The summed E-state index contributed by atoms with van der Waals surface area (Å²) in [6.45, 7) is 0. The molecule has 0 saturated heterocycles. The maximum Gasteiger partial charge on any atom is 0.123 e. The molecule has 44 heavy (non-hydrogen) atoms. The minimum absolute atomic E-state index is 0.212. The molecule has 0 amide bonds. The summed E-state index contributed by atoms with van der Waals surface area (Å²) >= 11 is 10.8. The minimum Gasteiger partial charge on any atom is -0.207 e. The standard InChI is InChI=1S/C36H20F2S6/c37-23-5-1-21(2-6-23)25-9-11-27(39-25)29-13-15-31(41-29)33-17-19-35(43-33)36-20-18-34(44-36)32-16-14-30(42-32)28-12-10-26(40-28)22-3-7-24(38)8-4-22/h1-20H. The van der Waals surface area contributed by atoms with Crippen molar-refractivity contribution in [2.24, 2.45) is 0 Å². The van der Waals surface area contributed by atoms with Gasteiger partial charge in [-0.3, -0.25) is 0 Å². The number of halogens is 2. The van der Waals surface area contributed by atoms with Gasteiger partial charge in [0.25, 0.3) is 0 Å². The summed E-state index contributed by atoms with van der Waals surface area (Å²) in [6, 6.07) is 39.7. The van der Waals surface area contributed by atoms with Gasteiger partial charge in [-0.25, -0.2) is 8.78 Å². The normalized spacial score (nSPS) is 11.4. The van der Waals surface area contributed by atoms with Gasteiger partial charge in [0.15, 0.2) is 0 Å². The summed E-state index contributed by atoms with van der Waals surface area (Å²) in [5.74, 6) is -0.424. The van der Waals surface area contributed by atoms with Gasteiger partial charge in [0, 0.05) is 58.5 Å². The fourth-order valence-electron chi connectivity index (χ4n) is 4.89. The SMILES string of the molecule is Fc1ccc(-c2ccc(-c3ccc(-c4ccc(-c5ccc(-c6ccc(-c7ccc(-c8ccc(F)cc8)s7)s6)s5)s4)s3)s2)cc1. The Balaban J connectivity index is 0.980. The molecular weight excluding hydrogens is 663 g/mol. The van der Waals surface area contributed by atoms with Gasteiger partial charge in [0.1, 0.15) is 11.6 Å². The zero-order valence-corrected chi connectivity index (χ0v) is 27.7. The van der Waals surface area contributed by atoms with Gasteiger partial charge >= 0.3 is 0 Å². The summed E-state index contributed by atoms with van der Waals surface area (Å²) in [7, 11) is 0. The topological polar surface area (TPSA) is 0 Å². The zero-order valence-electron chi connectivity index (χ0n) is 22.8. The van der Waals surface area contributed by atoms with E-state index in [1.165, 1.54) is 73.0 Å². The van der Waals surface area contributed by atoms with E-state index in [0.29, 0.717) is 0 Å². The van der Waals surface area contributed by atoms with Crippen molar-refractivity contribution in [3.8, 4) is 69.7 Å². The predicted molar refractivity (Wildman–Crippen MR) is 192 cm³/mol. The quantitative estimate of drug-likeness (QED) is 0.157. The molecule has 0 bridgehead atoms. The molecule has 0 radical (unpaired) electrons. The van der Waals surface area contributed by atoms with E-state index in [0.717, 1.165) is 20.9 Å². The highest BCUT2D eigenvalue weighted by Crippen LogP contribution is 2.46. The van der Waals surface area contributed by atoms with Crippen LogP contribution in [0.3, 0.4) is 0 Å². The molecule has 0 saturated carbocycles. The lowest BCUT2D eigenvalue weighted by molar-refractivity contribution is 0.627. The Morgan fingerprint density at radius 3 is 0.636 bits per heavy atom. The van der Waals surface area contributed by atoms with Crippen molar-refractivity contribution in [2.75, 3.05) is 0 Å². The van der Waals surface area contributed by atoms with Crippen LogP contribution >= 0.6 is 68.0 Å². The first-order valence-corrected chi connectivity index (χ1v) is 18.6. The van der Waals surface area contributed by atoms with E-state index in [1.54, 1.807) is 22.7 Å². The van der Waals surface area contributed by atoms with Gasteiger partial charge in [-0.1, -0.05) is 24.3 Å². The first kappa shape index (κ1) is 28.0. The summed E-state index contributed by atoms with van der Waals surface area (Å²) in [5, 5.41) is 0. The first-order valence-electron chi connectivity index (χ1n) is 13.7. The fourth-order valence-corrected chi connectivity index (χ4v) is 11.4. The molecule has 214 valence electrons. The van der Waals surface area contributed by atoms with E-state index in [1.807, 2.05) is 69.6 Å². The maximum atomic E-state index is 13.3. The van der Waals surface area contributed by atoms with Crippen LogP contribution < -0.4 is 0 Å². The van der Waals surface area contributed by atoms with Gasteiger partial charge in [-0.15, -0.1) is 68.0 Å². The number of hydrogen-bond acceptors (Lipinski definition) is 6. The summed E-state index contributed by atoms with van der Waals surface area (Å²) < 4.78 is 26.7. The van der Waals surface area contributed by atoms with E-state index < -0.39 is 0 Å². The molecule has 6 aromatic heterocycles.